The molecule has 1 aliphatic rings. The fourth-order valence-corrected chi connectivity index (χ4v) is 4.41. The molecule has 1 fully saturated rings. The fraction of sp³-hybridized carbons (Fsp3) is 0.300. The molecule has 0 aliphatic carbocycles. The summed E-state index contributed by atoms with van der Waals surface area (Å²) in [4.78, 5) is 31.5. The molecule has 5 rings (SSSR count). The second-order valence-electron chi connectivity index (χ2n) is 7.75. The van der Waals surface area contributed by atoms with E-state index in [1.807, 2.05) is 0 Å². The molecule has 32 heavy (non-hydrogen) atoms. The zero-order chi connectivity index (χ0) is 22.3. The SMILES string of the molecule is O=C(c1csnn1)N1CCC(O)(Cn2cnc3c(cnn3-c3ccc(Cl)cc3)c2=O)CC1. The third-order valence-corrected chi connectivity index (χ3v) is 6.41. The molecule has 1 amide bonds. The standard InChI is InChI=1S/C20H18ClN7O3S/c21-13-1-3-14(4-2-13)28-17-15(9-23-28)18(29)27(12-22-17)11-20(31)5-7-26(8-6-20)19(30)16-10-32-25-24-16/h1-4,9-10,12,31H,5-8,11H2. The lowest BCUT2D eigenvalue weighted by atomic mass is 9.91. The van der Waals surface area contributed by atoms with Gasteiger partial charge in [-0.15, -0.1) is 5.10 Å². The minimum Gasteiger partial charge on any atom is -0.388 e. The molecule has 164 valence electrons. The maximum Gasteiger partial charge on any atom is 0.275 e. The molecule has 1 aromatic carbocycles. The van der Waals surface area contributed by atoms with E-state index < -0.39 is 5.60 Å². The Hall–Kier alpha value is -3.15. The Kier molecular flexibility index (Phi) is 5.24. The molecule has 10 nitrogen and oxygen atoms in total. The predicted octanol–water partition coefficient (Wildman–Crippen LogP) is 1.75. The number of piperidine rings is 1. The average molecular weight is 472 g/mol. The number of carbonyl (C=O) groups is 1. The van der Waals surface area contributed by atoms with Crippen LogP contribution in [-0.4, -0.2) is 63.5 Å². The van der Waals surface area contributed by atoms with Gasteiger partial charge in [-0.05, 0) is 48.6 Å². The van der Waals surface area contributed by atoms with Crippen LogP contribution in [0.2, 0.25) is 5.02 Å². The third-order valence-electron chi connectivity index (χ3n) is 5.65. The van der Waals surface area contributed by atoms with Gasteiger partial charge in [0, 0.05) is 23.5 Å². The van der Waals surface area contributed by atoms with Gasteiger partial charge in [0.25, 0.3) is 11.5 Å². The number of likely N-dealkylation sites (tertiary alicyclic amines) is 1. The lowest BCUT2D eigenvalue weighted by Gasteiger charge is -2.38. The van der Waals surface area contributed by atoms with Crippen molar-refractivity contribution in [2.75, 3.05) is 13.1 Å². The number of amides is 1. The Labute approximate surface area is 190 Å². The molecular formula is C20H18ClN7O3S. The number of hydrogen-bond donors (Lipinski definition) is 1. The van der Waals surface area contributed by atoms with Crippen LogP contribution in [-0.2, 0) is 6.54 Å². The van der Waals surface area contributed by atoms with Gasteiger partial charge in [0.2, 0.25) is 0 Å². The monoisotopic (exact) mass is 471 g/mol. The van der Waals surface area contributed by atoms with Gasteiger partial charge in [-0.2, -0.15) is 5.10 Å². The smallest absolute Gasteiger partial charge is 0.275 e. The summed E-state index contributed by atoms with van der Waals surface area (Å²) < 4.78 is 6.69. The fourth-order valence-electron chi connectivity index (χ4n) is 3.85. The van der Waals surface area contributed by atoms with Gasteiger partial charge >= 0.3 is 0 Å². The Balaban J connectivity index is 1.34. The van der Waals surface area contributed by atoms with E-state index in [4.69, 9.17) is 11.6 Å². The first-order valence-electron chi connectivity index (χ1n) is 9.91. The molecule has 0 atom stereocenters. The summed E-state index contributed by atoms with van der Waals surface area (Å²) in [5.41, 5.74) is 0.0696. The maximum absolute atomic E-state index is 13.0. The predicted molar refractivity (Wildman–Crippen MR) is 118 cm³/mol. The summed E-state index contributed by atoms with van der Waals surface area (Å²) >= 11 is 7.07. The lowest BCUT2D eigenvalue weighted by Crippen LogP contribution is -2.49. The van der Waals surface area contributed by atoms with Gasteiger partial charge in [-0.1, -0.05) is 16.1 Å². The number of aromatic nitrogens is 6. The van der Waals surface area contributed by atoms with Crippen LogP contribution >= 0.6 is 23.1 Å². The summed E-state index contributed by atoms with van der Waals surface area (Å²) in [6.45, 7) is 0.818. The summed E-state index contributed by atoms with van der Waals surface area (Å²) in [6.07, 6.45) is 3.58. The Morgan fingerprint density at radius 3 is 2.66 bits per heavy atom. The molecule has 1 aliphatic heterocycles. The second-order valence-corrected chi connectivity index (χ2v) is 8.80. The summed E-state index contributed by atoms with van der Waals surface area (Å²) in [7, 11) is 0. The second kappa shape index (κ2) is 8.08. The highest BCUT2D eigenvalue weighted by Crippen LogP contribution is 2.25. The molecule has 0 bridgehead atoms. The topological polar surface area (TPSA) is 119 Å². The molecule has 0 saturated carbocycles. The number of nitrogens with zero attached hydrogens (tertiary/aromatic N) is 7. The minimum absolute atomic E-state index is 0.0845. The van der Waals surface area contributed by atoms with Crippen molar-refractivity contribution >= 4 is 40.1 Å². The average Bonchev–Trinajstić information content (AvgIpc) is 3.47. The first-order chi connectivity index (χ1) is 15.4. The van der Waals surface area contributed by atoms with E-state index in [-0.39, 0.29) is 18.0 Å². The van der Waals surface area contributed by atoms with Gasteiger partial charge in [0.1, 0.15) is 11.7 Å². The molecule has 3 aromatic heterocycles. The van der Waals surface area contributed by atoms with E-state index >= 15 is 0 Å². The van der Waals surface area contributed by atoms with E-state index in [2.05, 4.69) is 19.7 Å². The van der Waals surface area contributed by atoms with E-state index in [9.17, 15) is 14.7 Å². The minimum atomic E-state index is -1.12. The number of benzene rings is 1. The van der Waals surface area contributed by atoms with Crippen molar-refractivity contribution in [2.45, 2.75) is 25.0 Å². The van der Waals surface area contributed by atoms with Crippen molar-refractivity contribution < 1.29 is 9.90 Å². The van der Waals surface area contributed by atoms with Gasteiger partial charge in [0.05, 0.1) is 24.0 Å². The van der Waals surface area contributed by atoms with E-state index in [0.717, 1.165) is 17.2 Å². The third kappa shape index (κ3) is 3.78. The molecule has 0 spiro atoms. The van der Waals surface area contributed by atoms with Crippen molar-refractivity contribution in [3.05, 3.63) is 63.2 Å². The van der Waals surface area contributed by atoms with Crippen LogP contribution in [0.15, 0.2) is 47.0 Å². The number of halogens is 1. The number of carbonyl (C=O) groups excluding carboxylic acids is 1. The highest BCUT2D eigenvalue weighted by Gasteiger charge is 2.35. The molecule has 1 saturated heterocycles. The summed E-state index contributed by atoms with van der Waals surface area (Å²) in [5, 5.41) is 21.7. The summed E-state index contributed by atoms with van der Waals surface area (Å²) in [6, 6.07) is 7.06. The quantitative estimate of drug-likeness (QED) is 0.481. The van der Waals surface area contributed by atoms with Crippen molar-refractivity contribution in [1.82, 2.24) is 33.8 Å². The molecule has 4 heterocycles. The van der Waals surface area contributed by atoms with E-state index in [1.54, 1.807) is 39.2 Å². The molecule has 12 heteroatoms. The number of aliphatic hydroxyl groups is 1. The van der Waals surface area contributed by atoms with Crippen LogP contribution in [0.3, 0.4) is 0 Å². The van der Waals surface area contributed by atoms with E-state index in [1.165, 1.54) is 17.1 Å². The Bertz CT molecular complexity index is 1330. The Morgan fingerprint density at radius 2 is 1.97 bits per heavy atom. The van der Waals surface area contributed by atoms with Crippen molar-refractivity contribution in [3.63, 3.8) is 0 Å². The van der Waals surface area contributed by atoms with Crippen LogP contribution in [0.25, 0.3) is 16.7 Å². The number of hydrogen-bond acceptors (Lipinski definition) is 8. The van der Waals surface area contributed by atoms with Gasteiger partial charge in [0.15, 0.2) is 11.3 Å². The highest BCUT2D eigenvalue weighted by atomic mass is 35.5. The maximum atomic E-state index is 13.0. The molecule has 1 N–H and O–H groups in total. The van der Waals surface area contributed by atoms with Crippen LogP contribution in [0.1, 0.15) is 23.3 Å². The zero-order valence-corrected chi connectivity index (χ0v) is 18.3. The van der Waals surface area contributed by atoms with Crippen molar-refractivity contribution in [2.24, 2.45) is 0 Å². The first-order valence-corrected chi connectivity index (χ1v) is 11.1. The lowest BCUT2D eigenvalue weighted by molar-refractivity contribution is -0.0300. The Morgan fingerprint density at radius 1 is 1.22 bits per heavy atom. The molecule has 4 aromatic rings. The molecular weight excluding hydrogens is 454 g/mol. The molecule has 0 unspecified atom stereocenters. The van der Waals surface area contributed by atoms with Crippen LogP contribution < -0.4 is 5.56 Å². The number of fused-ring (bicyclic) bond motifs is 1. The van der Waals surface area contributed by atoms with Crippen LogP contribution in [0, 0.1) is 0 Å². The normalized spacial score (nSPS) is 15.9. The summed E-state index contributed by atoms with van der Waals surface area (Å²) in [5.74, 6) is -0.198. The van der Waals surface area contributed by atoms with E-state index in [0.29, 0.717) is 47.7 Å². The van der Waals surface area contributed by atoms with Gasteiger partial charge < -0.3 is 10.0 Å². The zero-order valence-electron chi connectivity index (χ0n) is 16.8. The van der Waals surface area contributed by atoms with Crippen LogP contribution in [0.4, 0.5) is 0 Å². The largest absolute Gasteiger partial charge is 0.388 e. The van der Waals surface area contributed by atoms with Crippen LogP contribution in [0.5, 0.6) is 0 Å². The molecule has 0 radical (unpaired) electrons. The van der Waals surface area contributed by atoms with Gasteiger partial charge in [-0.3, -0.25) is 14.2 Å². The number of rotatable bonds is 4. The van der Waals surface area contributed by atoms with Crippen molar-refractivity contribution in [3.8, 4) is 5.69 Å². The van der Waals surface area contributed by atoms with Crippen molar-refractivity contribution in [1.29, 1.82) is 0 Å². The van der Waals surface area contributed by atoms with Gasteiger partial charge in [-0.25, -0.2) is 9.67 Å². The highest BCUT2D eigenvalue weighted by molar-refractivity contribution is 7.03. The first kappa shape index (κ1) is 20.7.